The molecular formula is C69H134O6. The van der Waals surface area contributed by atoms with Gasteiger partial charge in [0.25, 0.3) is 0 Å². The molecule has 1 unspecified atom stereocenters. The minimum atomic E-state index is -0.762. The molecule has 6 heteroatoms. The van der Waals surface area contributed by atoms with Crippen LogP contribution in [0.3, 0.4) is 0 Å². The van der Waals surface area contributed by atoms with Crippen molar-refractivity contribution in [3.8, 4) is 0 Å². The van der Waals surface area contributed by atoms with E-state index in [1.54, 1.807) is 0 Å². The van der Waals surface area contributed by atoms with Gasteiger partial charge in [0.2, 0.25) is 0 Å². The Morgan fingerprint density at radius 2 is 0.360 bits per heavy atom. The smallest absolute Gasteiger partial charge is 0.306 e. The van der Waals surface area contributed by atoms with Gasteiger partial charge in [-0.15, -0.1) is 0 Å². The Balaban J connectivity index is 4.09. The summed E-state index contributed by atoms with van der Waals surface area (Å²) in [5, 5.41) is 0. The molecule has 0 fully saturated rings. The lowest BCUT2D eigenvalue weighted by Gasteiger charge is -2.18. The predicted molar refractivity (Wildman–Crippen MR) is 326 cm³/mol. The molecule has 0 aromatic heterocycles. The summed E-state index contributed by atoms with van der Waals surface area (Å²) in [5.41, 5.74) is 0. The number of hydrogen-bond donors (Lipinski definition) is 0. The Kier molecular flexibility index (Phi) is 63.6. The van der Waals surface area contributed by atoms with Gasteiger partial charge in [0.05, 0.1) is 0 Å². The zero-order valence-corrected chi connectivity index (χ0v) is 51.4. The monoisotopic (exact) mass is 1060 g/mol. The second kappa shape index (κ2) is 64.9. The van der Waals surface area contributed by atoms with Crippen molar-refractivity contribution in [1.82, 2.24) is 0 Å². The lowest BCUT2D eigenvalue weighted by atomic mass is 10.0. The van der Waals surface area contributed by atoms with Crippen LogP contribution in [-0.4, -0.2) is 37.2 Å². The van der Waals surface area contributed by atoms with E-state index >= 15 is 0 Å². The maximum absolute atomic E-state index is 12.9. The van der Waals surface area contributed by atoms with Gasteiger partial charge in [0.15, 0.2) is 6.10 Å². The minimum absolute atomic E-state index is 0.0608. The topological polar surface area (TPSA) is 78.9 Å². The molecule has 446 valence electrons. The van der Waals surface area contributed by atoms with Gasteiger partial charge in [-0.3, -0.25) is 14.4 Å². The number of rotatable bonds is 65. The Bertz CT molecular complexity index is 1120. The average molecular weight is 1060 g/mol. The molecule has 6 nitrogen and oxygen atoms in total. The fourth-order valence-electron chi connectivity index (χ4n) is 10.9. The molecule has 0 bridgehead atoms. The number of unbranched alkanes of at least 4 members (excludes halogenated alkanes) is 54. The molecule has 0 aliphatic rings. The van der Waals surface area contributed by atoms with E-state index in [1.165, 1.54) is 308 Å². The van der Waals surface area contributed by atoms with Crippen LogP contribution in [0, 0.1) is 0 Å². The molecule has 1 atom stereocenters. The second-order valence-electron chi connectivity index (χ2n) is 23.8. The maximum atomic E-state index is 12.9. The van der Waals surface area contributed by atoms with Crippen molar-refractivity contribution in [2.24, 2.45) is 0 Å². The lowest BCUT2D eigenvalue weighted by molar-refractivity contribution is -0.167. The van der Waals surface area contributed by atoms with E-state index in [0.717, 1.165) is 57.8 Å². The molecule has 0 radical (unpaired) electrons. The average Bonchev–Trinajstić information content (AvgIpc) is 3.41. The first-order valence-corrected chi connectivity index (χ1v) is 34.5. The molecule has 0 rings (SSSR count). The Morgan fingerprint density at radius 1 is 0.213 bits per heavy atom. The van der Waals surface area contributed by atoms with Crippen LogP contribution < -0.4 is 0 Å². The second-order valence-corrected chi connectivity index (χ2v) is 23.8. The molecule has 0 aromatic rings. The number of ether oxygens (including phenoxy) is 3. The standard InChI is InChI=1S/C69H134O6/c1-4-7-10-13-16-19-21-23-25-27-29-31-33-34-36-37-39-41-43-45-47-50-53-56-59-62-68(71)74-65-66(64-73-67(70)61-58-55-52-49-18-15-12-9-6-3)75-69(72)63-60-57-54-51-48-46-44-42-40-38-35-32-30-28-26-24-22-20-17-14-11-8-5-2/h66H,4-65H2,1-3H3. The summed E-state index contributed by atoms with van der Waals surface area (Å²) in [4.78, 5) is 38.2. The normalized spacial score (nSPS) is 11.9. The Labute approximate surface area is 469 Å². The number of carbonyl (C=O) groups is 3. The minimum Gasteiger partial charge on any atom is -0.462 e. The summed E-state index contributed by atoms with van der Waals surface area (Å²) in [6, 6.07) is 0. The molecule has 75 heavy (non-hydrogen) atoms. The number of carbonyl (C=O) groups excluding carboxylic acids is 3. The zero-order valence-electron chi connectivity index (χ0n) is 51.4. The van der Waals surface area contributed by atoms with Crippen LogP contribution in [0.5, 0.6) is 0 Å². The van der Waals surface area contributed by atoms with Crippen molar-refractivity contribution in [1.29, 1.82) is 0 Å². The van der Waals surface area contributed by atoms with Gasteiger partial charge in [-0.05, 0) is 19.3 Å². The molecular weight excluding hydrogens is 925 g/mol. The molecule has 0 aromatic carbocycles. The van der Waals surface area contributed by atoms with Gasteiger partial charge in [-0.2, -0.15) is 0 Å². The van der Waals surface area contributed by atoms with Crippen LogP contribution in [0.25, 0.3) is 0 Å². The number of hydrogen-bond acceptors (Lipinski definition) is 6. The number of esters is 3. The van der Waals surface area contributed by atoms with Crippen molar-refractivity contribution < 1.29 is 28.6 Å². The molecule has 0 saturated heterocycles. The predicted octanol–water partition coefficient (Wildman–Crippen LogP) is 23.5. The third kappa shape index (κ3) is 63.1. The third-order valence-corrected chi connectivity index (χ3v) is 16.1. The van der Waals surface area contributed by atoms with Crippen molar-refractivity contribution in [2.75, 3.05) is 13.2 Å². The van der Waals surface area contributed by atoms with Crippen molar-refractivity contribution in [2.45, 2.75) is 412 Å². The summed E-state index contributed by atoms with van der Waals surface area (Å²) in [5.74, 6) is -0.828. The summed E-state index contributed by atoms with van der Waals surface area (Å²) in [7, 11) is 0. The Hall–Kier alpha value is -1.59. The van der Waals surface area contributed by atoms with E-state index in [4.69, 9.17) is 14.2 Å². The van der Waals surface area contributed by atoms with Gasteiger partial charge in [0, 0.05) is 19.3 Å². The van der Waals surface area contributed by atoms with Crippen molar-refractivity contribution in [3.05, 3.63) is 0 Å². The lowest BCUT2D eigenvalue weighted by Crippen LogP contribution is -2.30. The van der Waals surface area contributed by atoms with E-state index in [2.05, 4.69) is 20.8 Å². The highest BCUT2D eigenvalue weighted by molar-refractivity contribution is 5.71. The van der Waals surface area contributed by atoms with Gasteiger partial charge in [0.1, 0.15) is 13.2 Å². The van der Waals surface area contributed by atoms with Gasteiger partial charge < -0.3 is 14.2 Å². The van der Waals surface area contributed by atoms with Crippen LogP contribution in [0.15, 0.2) is 0 Å². The first kappa shape index (κ1) is 73.4. The maximum Gasteiger partial charge on any atom is 0.306 e. The highest BCUT2D eigenvalue weighted by Crippen LogP contribution is 2.19. The zero-order chi connectivity index (χ0) is 54.3. The van der Waals surface area contributed by atoms with Crippen LogP contribution in [0.4, 0.5) is 0 Å². The van der Waals surface area contributed by atoms with Gasteiger partial charge in [-0.25, -0.2) is 0 Å². The molecule has 0 spiro atoms. The quantitative estimate of drug-likeness (QED) is 0.0343. The van der Waals surface area contributed by atoms with Gasteiger partial charge in [-0.1, -0.05) is 367 Å². The highest BCUT2D eigenvalue weighted by Gasteiger charge is 2.19. The molecule has 0 heterocycles. The van der Waals surface area contributed by atoms with Crippen LogP contribution in [0.1, 0.15) is 406 Å². The summed E-state index contributed by atoms with van der Waals surface area (Å²) >= 11 is 0. The van der Waals surface area contributed by atoms with E-state index in [0.29, 0.717) is 19.3 Å². The van der Waals surface area contributed by atoms with Crippen molar-refractivity contribution >= 4 is 17.9 Å². The molecule has 0 aliphatic carbocycles. The summed E-state index contributed by atoms with van der Waals surface area (Å²) in [6.07, 6.45) is 75.8. The van der Waals surface area contributed by atoms with Crippen LogP contribution >= 0.6 is 0 Å². The fourth-order valence-corrected chi connectivity index (χ4v) is 10.9. The van der Waals surface area contributed by atoms with E-state index in [-0.39, 0.29) is 31.1 Å². The van der Waals surface area contributed by atoms with Crippen LogP contribution in [-0.2, 0) is 28.6 Å². The SMILES string of the molecule is CCCCCCCCCCCCCCCCCCCCCCCCCCCC(=O)OCC(COC(=O)CCCCCCCCCCC)OC(=O)CCCCCCCCCCCCCCCCCCCCCCCCC. The van der Waals surface area contributed by atoms with E-state index < -0.39 is 6.10 Å². The van der Waals surface area contributed by atoms with Gasteiger partial charge >= 0.3 is 17.9 Å². The molecule has 0 N–H and O–H groups in total. The van der Waals surface area contributed by atoms with Crippen molar-refractivity contribution in [3.63, 3.8) is 0 Å². The molecule has 0 saturated carbocycles. The highest BCUT2D eigenvalue weighted by atomic mass is 16.6. The third-order valence-electron chi connectivity index (χ3n) is 16.1. The van der Waals surface area contributed by atoms with E-state index in [9.17, 15) is 14.4 Å². The molecule has 0 aliphatic heterocycles. The summed E-state index contributed by atoms with van der Waals surface area (Å²) in [6.45, 7) is 6.72. The fraction of sp³-hybridized carbons (Fsp3) is 0.957. The largest absolute Gasteiger partial charge is 0.462 e. The molecule has 0 amide bonds. The van der Waals surface area contributed by atoms with E-state index in [1.807, 2.05) is 0 Å². The summed E-state index contributed by atoms with van der Waals surface area (Å²) < 4.78 is 16.9. The first-order valence-electron chi connectivity index (χ1n) is 34.5. The Morgan fingerprint density at radius 3 is 0.533 bits per heavy atom. The van der Waals surface area contributed by atoms with Crippen LogP contribution in [0.2, 0.25) is 0 Å². The first-order chi connectivity index (χ1) is 37.0.